The van der Waals surface area contributed by atoms with Crippen LogP contribution in [0.4, 0.5) is 5.69 Å². The maximum Gasteiger partial charge on any atom is 0.269 e. The van der Waals surface area contributed by atoms with E-state index in [0.717, 1.165) is 27.7 Å². The molecule has 3 heterocycles. The lowest BCUT2D eigenvalue weighted by atomic mass is 9.86. The van der Waals surface area contributed by atoms with Crippen molar-refractivity contribution in [2.75, 3.05) is 27.3 Å². The van der Waals surface area contributed by atoms with Gasteiger partial charge in [-0.1, -0.05) is 36.4 Å². The van der Waals surface area contributed by atoms with Gasteiger partial charge < -0.3 is 24.3 Å². The molecular weight excluding hydrogens is 512 g/mol. The van der Waals surface area contributed by atoms with E-state index in [-0.39, 0.29) is 24.0 Å². The molecule has 3 aromatic carbocycles. The summed E-state index contributed by atoms with van der Waals surface area (Å²) in [5.74, 6) is 0.894. The molecule has 1 aromatic heterocycles. The first-order valence-electron chi connectivity index (χ1n) is 13.0. The number of H-pyrrole nitrogens is 1. The Morgan fingerprint density at radius 3 is 2.58 bits per heavy atom. The van der Waals surface area contributed by atoms with Crippen molar-refractivity contribution in [3.8, 4) is 11.5 Å². The molecule has 204 valence electrons. The average Bonchev–Trinajstić information content (AvgIpc) is 3.35. The highest BCUT2D eigenvalue weighted by atomic mass is 16.6. The average molecular weight is 541 g/mol. The van der Waals surface area contributed by atoms with Gasteiger partial charge in [0.2, 0.25) is 11.8 Å². The summed E-state index contributed by atoms with van der Waals surface area (Å²) in [7, 11) is 3.15. The highest BCUT2D eigenvalue weighted by Gasteiger charge is 2.48. The summed E-state index contributed by atoms with van der Waals surface area (Å²) in [6, 6.07) is 18.4. The number of aromatic amines is 1. The Kier molecular flexibility index (Phi) is 6.37. The molecule has 0 bridgehead atoms. The minimum atomic E-state index is -0.720. The third-order valence-electron chi connectivity index (χ3n) is 7.86. The summed E-state index contributed by atoms with van der Waals surface area (Å²) in [5, 5.41) is 12.6. The summed E-state index contributed by atoms with van der Waals surface area (Å²) < 4.78 is 10.7. The van der Waals surface area contributed by atoms with Crippen molar-refractivity contribution in [3.63, 3.8) is 0 Å². The number of non-ortho nitro benzene ring substituents is 1. The lowest BCUT2D eigenvalue weighted by Gasteiger charge is -2.47. The smallest absolute Gasteiger partial charge is 0.269 e. The van der Waals surface area contributed by atoms with Crippen molar-refractivity contribution < 1.29 is 24.0 Å². The number of amides is 2. The predicted molar refractivity (Wildman–Crippen MR) is 147 cm³/mol. The molecule has 0 unspecified atom stereocenters. The van der Waals surface area contributed by atoms with Crippen molar-refractivity contribution in [3.05, 3.63) is 99.2 Å². The zero-order chi connectivity index (χ0) is 28.0. The molecule has 40 heavy (non-hydrogen) atoms. The minimum Gasteiger partial charge on any atom is -0.493 e. The number of carbonyl (C=O) groups is 2. The Labute approximate surface area is 230 Å². The molecule has 1 saturated heterocycles. The predicted octanol–water partition coefficient (Wildman–Crippen LogP) is 4.02. The summed E-state index contributed by atoms with van der Waals surface area (Å²) in [6.07, 6.45) is 0.904. The Morgan fingerprint density at radius 2 is 1.80 bits per heavy atom. The van der Waals surface area contributed by atoms with E-state index in [9.17, 15) is 19.7 Å². The molecule has 0 radical (unpaired) electrons. The Morgan fingerprint density at radius 1 is 1.00 bits per heavy atom. The van der Waals surface area contributed by atoms with Gasteiger partial charge in [-0.2, -0.15) is 0 Å². The van der Waals surface area contributed by atoms with Crippen LogP contribution in [0, 0.1) is 10.1 Å². The standard InChI is InChI=1S/C30H28N4O6/c1-39-25-11-10-18(14-26(25)40-2)12-13-32-17-27(35)33-24(30(32)36)16-22-21-8-3-4-9-23(21)31-28(22)29(33)19-6-5-7-20(15-19)34(37)38/h3-11,14-15,24,29,31H,12-13,16-17H2,1-2H3/t24-,29+/m1/s1. The van der Waals surface area contributed by atoms with E-state index < -0.39 is 17.0 Å². The molecule has 2 atom stereocenters. The Balaban J connectivity index is 1.36. The van der Waals surface area contributed by atoms with Gasteiger partial charge in [0.1, 0.15) is 6.04 Å². The second-order valence-electron chi connectivity index (χ2n) is 10.0. The molecular formula is C30H28N4O6. The molecule has 6 rings (SSSR count). The van der Waals surface area contributed by atoms with E-state index in [0.29, 0.717) is 36.4 Å². The van der Waals surface area contributed by atoms with Gasteiger partial charge in [0.05, 0.1) is 31.7 Å². The molecule has 2 amide bonds. The van der Waals surface area contributed by atoms with Crippen molar-refractivity contribution in [1.82, 2.24) is 14.8 Å². The number of benzene rings is 3. The van der Waals surface area contributed by atoms with Gasteiger partial charge in [-0.25, -0.2) is 0 Å². The maximum absolute atomic E-state index is 13.9. The number of ether oxygens (including phenoxy) is 2. The maximum atomic E-state index is 13.9. The second-order valence-corrected chi connectivity index (χ2v) is 10.0. The fourth-order valence-electron chi connectivity index (χ4n) is 5.97. The first-order chi connectivity index (χ1) is 19.4. The first-order valence-corrected chi connectivity index (χ1v) is 13.0. The number of nitro groups is 1. The van der Waals surface area contributed by atoms with Crippen LogP contribution in [0.3, 0.4) is 0 Å². The molecule has 1 N–H and O–H groups in total. The van der Waals surface area contributed by atoms with Gasteiger partial charge in [0.25, 0.3) is 5.69 Å². The van der Waals surface area contributed by atoms with Gasteiger partial charge in [0.15, 0.2) is 11.5 Å². The zero-order valence-corrected chi connectivity index (χ0v) is 22.1. The first kappa shape index (κ1) is 25.4. The van der Waals surface area contributed by atoms with Crippen LogP contribution in [0.2, 0.25) is 0 Å². The number of nitrogens with one attached hydrogen (secondary N) is 1. The van der Waals surface area contributed by atoms with Crippen LogP contribution < -0.4 is 9.47 Å². The van der Waals surface area contributed by atoms with E-state index in [2.05, 4.69) is 4.98 Å². The minimum absolute atomic E-state index is 0.0652. The van der Waals surface area contributed by atoms with Crippen molar-refractivity contribution in [1.29, 1.82) is 0 Å². The van der Waals surface area contributed by atoms with Crippen LogP contribution in [0.15, 0.2) is 66.7 Å². The molecule has 4 aromatic rings. The second kappa shape index (κ2) is 10.0. The molecule has 0 saturated carbocycles. The molecule has 0 aliphatic carbocycles. The lowest BCUT2D eigenvalue weighted by molar-refractivity contribution is -0.384. The van der Waals surface area contributed by atoms with Crippen LogP contribution in [0.1, 0.15) is 28.4 Å². The number of rotatable bonds is 7. The van der Waals surface area contributed by atoms with E-state index >= 15 is 0 Å². The van der Waals surface area contributed by atoms with E-state index in [1.54, 1.807) is 36.2 Å². The van der Waals surface area contributed by atoms with E-state index in [1.807, 2.05) is 42.5 Å². The van der Waals surface area contributed by atoms with Gasteiger partial charge in [-0.15, -0.1) is 0 Å². The van der Waals surface area contributed by atoms with Crippen molar-refractivity contribution in [2.45, 2.75) is 24.9 Å². The topological polar surface area (TPSA) is 118 Å². The number of fused-ring (bicyclic) bond motifs is 4. The van der Waals surface area contributed by atoms with Gasteiger partial charge in [0, 0.05) is 41.7 Å². The molecule has 10 nitrogen and oxygen atoms in total. The number of nitro benzene ring substituents is 1. The summed E-state index contributed by atoms with van der Waals surface area (Å²) >= 11 is 0. The van der Waals surface area contributed by atoms with Crippen LogP contribution in [-0.2, 0) is 22.4 Å². The van der Waals surface area contributed by atoms with Gasteiger partial charge in [-0.05, 0) is 41.3 Å². The number of aromatic nitrogens is 1. The highest BCUT2D eigenvalue weighted by molar-refractivity contribution is 5.97. The van der Waals surface area contributed by atoms with Gasteiger partial charge in [-0.3, -0.25) is 19.7 Å². The number of methoxy groups -OCH3 is 2. The number of hydrogen-bond donors (Lipinski definition) is 1. The van der Waals surface area contributed by atoms with Crippen molar-refractivity contribution >= 4 is 28.4 Å². The molecule has 10 heteroatoms. The summed E-state index contributed by atoms with van der Waals surface area (Å²) in [6.45, 7) is 0.302. The van der Waals surface area contributed by atoms with E-state index in [4.69, 9.17) is 9.47 Å². The summed E-state index contributed by atoms with van der Waals surface area (Å²) in [5.41, 5.74) is 4.12. The fraction of sp³-hybridized carbons (Fsp3) is 0.267. The number of carbonyl (C=O) groups excluding carboxylic acids is 2. The SMILES string of the molecule is COc1ccc(CCN2CC(=O)N3[C@@H](c4cccc([N+](=O)[O-])c4)c4[nH]c5ccccc5c4C[C@@H]3C2=O)cc1OC. The largest absolute Gasteiger partial charge is 0.493 e. The van der Waals surface area contributed by atoms with Crippen LogP contribution >= 0.6 is 0 Å². The molecule has 1 fully saturated rings. The quantitative estimate of drug-likeness (QED) is 0.280. The lowest BCUT2D eigenvalue weighted by Crippen LogP contribution is -2.63. The monoisotopic (exact) mass is 540 g/mol. The van der Waals surface area contributed by atoms with Gasteiger partial charge >= 0.3 is 0 Å². The number of hydrogen-bond acceptors (Lipinski definition) is 6. The number of nitrogens with zero attached hydrogens (tertiary/aromatic N) is 3. The Bertz CT molecular complexity index is 1650. The van der Waals surface area contributed by atoms with Crippen LogP contribution in [0.25, 0.3) is 10.9 Å². The zero-order valence-electron chi connectivity index (χ0n) is 22.1. The number of para-hydroxylation sites is 1. The molecule has 2 aliphatic heterocycles. The Hall–Kier alpha value is -4.86. The third-order valence-corrected chi connectivity index (χ3v) is 7.86. The summed E-state index contributed by atoms with van der Waals surface area (Å²) in [4.78, 5) is 45.5. The normalized spacial score (nSPS) is 18.4. The van der Waals surface area contributed by atoms with Crippen LogP contribution in [0.5, 0.6) is 11.5 Å². The van der Waals surface area contributed by atoms with E-state index in [1.165, 1.54) is 12.1 Å². The number of piperazine rings is 1. The van der Waals surface area contributed by atoms with Crippen molar-refractivity contribution in [2.24, 2.45) is 0 Å². The molecule has 0 spiro atoms. The molecule has 2 aliphatic rings. The highest BCUT2D eigenvalue weighted by Crippen LogP contribution is 2.43. The third kappa shape index (κ3) is 4.21. The fourth-order valence-corrected chi connectivity index (χ4v) is 5.97. The van der Waals surface area contributed by atoms with Crippen LogP contribution in [-0.4, -0.2) is 64.9 Å².